The van der Waals surface area contributed by atoms with Crippen LogP contribution in [0.5, 0.6) is 0 Å². The highest BCUT2D eigenvalue weighted by Gasteiger charge is 2.28. The number of ketones is 1. The minimum Gasteiger partial charge on any atom is -0.305 e. The van der Waals surface area contributed by atoms with Gasteiger partial charge >= 0.3 is 0 Å². The van der Waals surface area contributed by atoms with Crippen molar-refractivity contribution in [2.75, 3.05) is 6.54 Å². The topological polar surface area (TPSA) is 58.5 Å². The van der Waals surface area contributed by atoms with Crippen molar-refractivity contribution in [3.8, 4) is 0 Å². The van der Waals surface area contributed by atoms with Crippen LogP contribution in [0.1, 0.15) is 66.4 Å². The number of aryl methyl sites for hydroxylation is 1. The molecule has 0 saturated carbocycles. The lowest BCUT2D eigenvalue weighted by atomic mass is 9.86. The number of hydrogen-bond donors (Lipinski definition) is 1. The largest absolute Gasteiger partial charge is 0.305 e. The van der Waals surface area contributed by atoms with Gasteiger partial charge in [-0.1, -0.05) is 93.9 Å². The summed E-state index contributed by atoms with van der Waals surface area (Å²) in [5.74, 6) is -0.286. The maximum absolute atomic E-state index is 12.6. The fourth-order valence-electron chi connectivity index (χ4n) is 3.11. The number of Topliss-reactive ketones (excluding diaryl/α,β-unsaturated/α-hetero) is 1. The van der Waals surface area contributed by atoms with Crippen LogP contribution < -0.4 is 5.32 Å². The molecule has 2 rings (SSSR count). The Balaban J connectivity index is 0.000000577. The maximum Gasteiger partial charge on any atom is 0.229 e. The molecule has 1 unspecified atom stereocenters. The Bertz CT molecular complexity index is 756. The molecule has 0 fully saturated rings. The average molecular weight is 445 g/mol. The van der Waals surface area contributed by atoms with Crippen molar-refractivity contribution < 1.29 is 9.59 Å². The summed E-state index contributed by atoms with van der Waals surface area (Å²) in [6.07, 6.45) is 4.28. The van der Waals surface area contributed by atoms with Gasteiger partial charge in [-0.25, -0.2) is 0 Å². The van der Waals surface area contributed by atoms with Crippen molar-refractivity contribution in [2.24, 2.45) is 22.7 Å². The molecule has 31 heavy (non-hydrogen) atoms. The smallest absolute Gasteiger partial charge is 0.229 e. The van der Waals surface area contributed by atoms with Crippen LogP contribution in [0.4, 0.5) is 0 Å². The Morgan fingerprint density at radius 3 is 2.35 bits per heavy atom. The van der Waals surface area contributed by atoms with Gasteiger partial charge < -0.3 is 5.32 Å². The van der Waals surface area contributed by atoms with Gasteiger partial charge in [-0.2, -0.15) is 0 Å². The SMILES string of the molecule is CC/C(C)=C/[C@@H](C)C(=O)C[C@H](C(=O)NC1=NCCC(C)S1)C(C)C.Cc1ccccc1. The Morgan fingerprint density at radius 2 is 1.87 bits per heavy atom. The molecule has 1 aliphatic rings. The van der Waals surface area contributed by atoms with Crippen molar-refractivity contribution >= 4 is 28.6 Å². The van der Waals surface area contributed by atoms with E-state index >= 15 is 0 Å². The van der Waals surface area contributed by atoms with Crippen LogP contribution in [0, 0.1) is 24.7 Å². The molecule has 0 saturated heterocycles. The predicted octanol–water partition coefficient (Wildman–Crippen LogP) is 6.20. The fraction of sp³-hybridized carbons (Fsp3) is 0.577. The van der Waals surface area contributed by atoms with Crippen molar-refractivity contribution in [1.82, 2.24) is 5.32 Å². The number of hydrogen-bond acceptors (Lipinski definition) is 4. The first kappa shape index (κ1) is 27.2. The van der Waals surface area contributed by atoms with Gasteiger partial charge in [-0.15, -0.1) is 0 Å². The van der Waals surface area contributed by atoms with Crippen LogP contribution in [0.25, 0.3) is 0 Å². The number of benzene rings is 1. The summed E-state index contributed by atoms with van der Waals surface area (Å²) in [5, 5.41) is 4.11. The lowest BCUT2D eigenvalue weighted by molar-refractivity contribution is -0.130. The molecule has 0 spiro atoms. The molecule has 1 aromatic carbocycles. The number of nitrogens with zero attached hydrogens (tertiary/aromatic N) is 1. The Morgan fingerprint density at radius 1 is 1.23 bits per heavy atom. The highest BCUT2D eigenvalue weighted by molar-refractivity contribution is 8.14. The van der Waals surface area contributed by atoms with E-state index in [2.05, 4.69) is 43.2 Å². The molecule has 4 nitrogen and oxygen atoms in total. The molecule has 3 atom stereocenters. The van der Waals surface area contributed by atoms with Gasteiger partial charge in [0.25, 0.3) is 0 Å². The third-order valence-electron chi connectivity index (χ3n) is 5.44. The molecule has 172 valence electrons. The van der Waals surface area contributed by atoms with Gasteiger partial charge in [0, 0.05) is 30.1 Å². The summed E-state index contributed by atoms with van der Waals surface area (Å²) in [5.41, 5.74) is 2.53. The number of allylic oxidation sites excluding steroid dienone is 2. The van der Waals surface area contributed by atoms with E-state index in [-0.39, 0.29) is 35.9 Å². The first-order valence-electron chi connectivity index (χ1n) is 11.4. The third kappa shape index (κ3) is 10.8. The van der Waals surface area contributed by atoms with Gasteiger partial charge in [0.15, 0.2) is 5.17 Å². The van der Waals surface area contributed by atoms with Crippen molar-refractivity contribution in [2.45, 2.75) is 73.0 Å². The second-order valence-corrected chi connectivity index (χ2v) is 10.2. The van der Waals surface area contributed by atoms with Crippen molar-refractivity contribution in [3.63, 3.8) is 0 Å². The summed E-state index contributed by atoms with van der Waals surface area (Å²) < 4.78 is 0. The fourth-order valence-corrected chi connectivity index (χ4v) is 4.04. The monoisotopic (exact) mass is 444 g/mol. The number of amides is 1. The Labute approximate surface area is 193 Å². The average Bonchev–Trinajstić information content (AvgIpc) is 2.72. The molecule has 5 heteroatoms. The maximum atomic E-state index is 12.6. The minimum atomic E-state index is -0.309. The quantitative estimate of drug-likeness (QED) is 0.509. The van der Waals surface area contributed by atoms with E-state index in [0.29, 0.717) is 10.4 Å². The zero-order valence-electron chi connectivity index (χ0n) is 20.3. The van der Waals surface area contributed by atoms with Gasteiger partial charge in [0.05, 0.1) is 0 Å². The normalized spacial score (nSPS) is 18.4. The molecule has 1 amide bonds. The Kier molecular flexibility index (Phi) is 12.5. The molecule has 0 aromatic heterocycles. The molecule has 1 aliphatic heterocycles. The lowest BCUT2D eigenvalue weighted by Gasteiger charge is -2.23. The summed E-state index contributed by atoms with van der Waals surface area (Å²) >= 11 is 1.60. The number of carbonyl (C=O) groups excluding carboxylic acids is 2. The van der Waals surface area contributed by atoms with Crippen LogP contribution >= 0.6 is 11.8 Å². The number of rotatable bonds is 7. The van der Waals surface area contributed by atoms with Crippen LogP contribution in [0.2, 0.25) is 0 Å². The van der Waals surface area contributed by atoms with Crippen molar-refractivity contribution in [1.29, 1.82) is 0 Å². The van der Waals surface area contributed by atoms with Crippen LogP contribution in [0.3, 0.4) is 0 Å². The first-order chi connectivity index (χ1) is 14.6. The van der Waals surface area contributed by atoms with E-state index in [9.17, 15) is 9.59 Å². The van der Waals surface area contributed by atoms with Crippen LogP contribution in [-0.4, -0.2) is 28.7 Å². The Hall–Kier alpha value is -1.88. The van der Waals surface area contributed by atoms with E-state index in [0.717, 1.165) is 19.4 Å². The number of thioether (sulfide) groups is 1. The minimum absolute atomic E-state index is 0.0814. The zero-order valence-corrected chi connectivity index (χ0v) is 21.1. The zero-order chi connectivity index (χ0) is 23.4. The third-order valence-corrected chi connectivity index (χ3v) is 6.53. The summed E-state index contributed by atoms with van der Waals surface area (Å²) in [7, 11) is 0. The molecular formula is C26H40N2O2S. The second kappa shape index (κ2) is 14.2. The molecule has 1 N–H and O–H groups in total. The predicted molar refractivity (Wildman–Crippen MR) is 134 cm³/mol. The highest BCUT2D eigenvalue weighted by atomic mass is 32.2. The standard InChI is InChI=1S/C19H32N2O2S.C7H8/c1-7-13(4)10-14(5)17(22)11-16(12(2)3)18(23)21-19-20-9-8-15(6)24-19;1-7-5-3-2-4-6-7/h10,12,14-16H,7-9,11H2,1-6H3,(H,20,21,23);2-6H,1H3/b13-10+;/t14-,15?,16+;/m1./s1. The molecule has 1 aromatic rings. The van der Waals surface area contributed by atoms with E-state index in [4.69, 9.17) is 0 Å². The molecule has 0 aliphatic carbocycles. The molecule has 0 radical (unpaired) electrons. The van der Waals surface area contributed by atoms with Crippen LogP contribution in [0.15, 0.2) is 47.0 Å². The van der Waals surface area contributed by atoms with Crippen LogP contribution in [-0.2, 0) is 9.59 Å². The number of aliphatic imine (C=N–C) groups is 1. The van der Waals surface area contributed by atoms with E-state index in [1.54, 1.807) is 11.8 Å². The summed E-state index contributed by atoms with van der Waals surface area (Å²) in [4.78, 5) is 29.5. The summed E-state index contributed by atoms with van der Waals surface area (Å²) in [6.45, 7) is 15.0. The number of nitrogens with one attached hydrogen (secondary N) is 1. The van der Waals surface area contributed by atoms with Gasteiger partial charge in [-0.3, -0.25) is 14.6 Å². The first-order valence-corrected chi connectivity index (χ1v) is 12.3. The van der Waals surface area contributed by atoms with E-state index < -0.39 is 0 Å². The second-order valence-electron chi connectivity index (χ2n) is 8.72. The molecule has 1 heterocycles. The number of amidine groups is 1. The van der Waals surface area contributed by atoms with Crippen molar-refractivity contribution in [3.05, 3.63) is 47.5 Å². The number of carbonyl (C=O) groups is 2. The van der Waals surface area contributed by atoms with Gasteiger partial charge in [0.1, 0.15) is 5.78 Å². The van der Waals surface area contributed by atoms with Gasteiger partial charge in [-0.05, 0) is 32.6 Å². The highest BCUT2D eigenvalue weighted by Crippen LogP contribution is 2.23. The van der Waals surface area contributed by atoms with E-state index in [1.807, 2.05) is 52.0 Å². The molecule has 0 bridgehead atoms. The lowest BCUT2D eigenvalue weighted by Crippen LogP contribution is -2.39. The van der Waals surface area contributed by atoms with Gasteiger partial charge in [0.2, 0.25) is 5.91 Å². The summed E-state index contributed by atoms with van der Waals surface area (Å²) in [6, 6.07) is 10.3. The van der Waals surface area contributed by atoms with E-state index in [1.165, 1.54) is 11.1 Å². The molecular weight excluding hydrogens is 404 g/mol.